The number of hydrogen-bond acceptors (Lipinski definition) is 1. The third kappa shape index (κ3) is 1.56. The highest BCUT2D eigenvalue weighted by Crippen LogP contribution is 2.40. The average Bonchev–Trinajstić information content (AvgIpc) is 2.88. The highest BCUT2D eigenvalue weighted by atomic mass is 19.2. The van der Waals surface area contributed by atoms with Gasteiger partial charge < -0.3 is 5.32 Å². The van der Waals surface area contributed by atoms with Crippen LogP contribution in [0.1, 0.15) is 17.9 Å². The van der Waals surface area contributed by atoms with Gasteiger partial charge in [0, 0.05) is 12.0 Å². The summed E-state index contributed by atoms with van der Waals surface area (Å²) >= 11 is 0. The first kappa shape index (κ1) is 8.63. The molecule has 0 radical (unpaired) electrons. The molecule has 2 unspecified atom stereocenters. The summed E-state index contributed by atoms with van der Waals surface area (Å²) in [4.78, 5) is 0. The Bertz CT molecular complexity index is 325. The van der Waals surface area contributed by atoms with Gasteiger partial charge in [0.1, 0.15) is 0 Å². The number of halogens is 2. The highest BCUT2D eigenvalue weighted by molar-refractivity contribution is 5.28. The molecular formula is C10H11F2N. The molecule has 0 amide bonds. The van der Waals surface area contributed by atoms with E-state index in [1.165, 1.54) is 12.1 Å². The van der Waals surface area contributed by atoms with Gasteiger partial charge in [-0.05, 0) is 31.2 Å². The number of hydrogen-bond donors (Lipinski definition) is 1. The summed E-state index contributed by atoms with van der Waals surface area (Å²) in [6, 6.07) is 4.57. The first-order chi connectivity index (χ1) is 6.22. The molecule has 1 aliphatic carbocycles. The summed E-state index contributed by atoms with van der Waals surface area (Å²) in [6.07, 6.45) is 1.02. The normalized spacial score (nSPS) is 26.1. The molecule has 2 atom stereocenters. The van der Waals surface area contributed by atoms with Crippen LogP contribution in [0.5, 0.6) is 0 Å². The predicted octanol–water partition coefficient (Wildman–Crippen LogP) is 2.04. The van der Waals surface area contributed by atoms with E-state index in [4.69, 9.17) is 0 Å². The number of nitrogens with one attached hydrogen (secondary N) is 1. The second-order valence-corrected chi connectivity index (χ2v) is 3.41. The molecule has 1 aromatic rings. The Morgan fingerprint density at radius 3 is 2.62 bits per heavy atom. The third-order valence-corrected chi connectivity index (χ3v) is 2.53. The van der Waals surface area contributed by atoms with Crippen LogP contribution in [0.4, 0.5) is 8.78 Å². The van der Waals surface area contributed by atoms with Crippen LogP contribution >= 0.6 is 0 Å². The van der Waals surface area contributed by atoms with Gasteiger partial charge in [-0.3, -0.25) is 0 Å². The Morgan fingerprint density at radius 2 is 2.08 bits per heavy atom. The van der Waals surface area contributed by atoms with Crippen molar-refractivity contribution in [1.82, 2.24) is 5.32 Å². The number of likely N-dealkylation sites (N-methyl/N-ethyl adjacent to an activating group) is 1. The first-order valence-electron chi connectivity index (χ1n) is 4.34. The lowest BCUT2D eigenvalue weighted by Gasteiger charge is -2.00. The molecule has 1 aliphatic rings. The molecule has 0 saturated heterocycles. The molecular weight excluding hydrogens is 172 g/mol. The van der Waals surface area contributed by atoms with Gasteiger partial charge in [0.2, 0.25) is 0 Å². The van der Waals surface area contributed by atoms with Crippen molar-refractivity contribution in [1.29, 1.82) is 0 Å². The van der Waals surface area contributed by atoms with Crippen molar-refractivity contribution >= 4 is 0 Å². The van der Waals surface area contributed by atoms with E-state index >= 15 is 0 Å². The smallest absolute Gasteiger partial charge is 0.159 e. The van der Waals surface area contributed by atoms with Crippen molar-refractivity contribution in [3.8, 4) is 0 Å². The first-order valence-corrected chi connectivity index (χ1v) is 4.34. The third-order valence-electron chi connectivity index (χ3n) is 2.53. The molecule has 3 heteroatoms. The lowest BCUT2D eigenvalue weighted by molar-refractivity contribution is 0.507. The molecule has 1 saturated carbocycles. The second kappa shape index (κ2) is 3.07. The molecule has 0 heterocycles. The minimum atomic E-state index is -0.773. The van der Waals surface area contributed by atoms with Crippen molar-refractivity contribution in [2.45, 2.75) is 18.4 Å². The van der Waals surface area contributed by atoms with Gasteiger partial charge in [0.25, 0.3) is 0 Å². The zero-order valence-electron chi connectivity index (χ0n) is 7.35. The topological polar surface area (TPSA) is 12.0 Å². The predicted molar refractivity (Wildman–Crippen MR) is 46.6 cm³/mol. The molecule has 70 valence electrons. The maximum absolute atomic E-state index is 12.8. The monoisotopic (exact) mass is 183 g/mol. The van der Waals surface area contributed by atoms with Crippen molar-refractivity contribution in [2.24, 2.45) is 0 Å². The van der Waals surface area contributed by atoms with Gasteiger partial charge in [-0.25, -0.2) is 8.78 Å². The molecule has 1 nitrogen and oxygen atoms in total. The van der Waals surface area contributed by atoms with Gasteiger partial charge in [-0.15, -0.1) is 0 Å². The fourth-order valence-electron chi connectivity index (χ4n) is 1.63. The summed E-state index contributed by atoms with van der Waals surface area (Å²) in [5, 5.41) is 3.11. The highest BCUT2D eigenvalue weighted by Gasteiger charge is 2.37. The molecule has 1 fully saturated rings. The fraction of sp³-hybridized carbons (Fsp3) is 0.400. The summed E-state index contributed by atoms with van der Waals surface area (Å²) in [6.45, 7) is 0. The van der Waals surface area contributed by atoms with E-state index in [0.717, 1.165) is 12.0 Å². The maximum atomic E-state index is 12.8. The molecule has 1 aromatic carbocycles. The summed E-state index contributed by atoms with van der Waals surface area (Å²) in [7, 11) is 1.88. The van der Waals surface area contributed by atoms with Gasteiger partial charge in [-0.1, -0.05) is 6.07 Å². The molecule has 0 aromatic heterocycles. The van der Waals surface area contributed by atoms with Crippen LogP contribution in [0, 0.1) is 11.6 Å². The standard InChI is InChI=1S/C10H11F2N/c1-13-10-5-7(10)6-2-3-8(11)9(12)4-6/h2-4,7,10,13H,5H2,1H3. The van der Waals surface area contributed by atoms with Gasteiger partial charge in [0.15, 0.2) is 11.6 Å². The number of benzene rings is 1. The SMILES string of the molecule is CNC1CC1c1ccc(F)c(F)c1. The van der Waals surface area contributed by atoms with E-state index in [2.05, 4.69) is 5.32 Å². The Labute approximate surface area is 75.8 Å². The zero-order valence-corrected chi connectivity index (χ0v) is 7.35. The molecule has 0 aliphatic heterocycles. The van der Waals surface area contributed by atoms with E-state index in [9.17, 15) is 8.78 Å². The van der Waals surface area contributed by atoms with Crippen molar-refractivity contribution in [2.75, 3.05) is 7.05 Å². The van der Waals surface area contributed by atoms with Crippen LogP contribution in [0.15, 0.2) is 18.2 Å². The van der Waals surface area contributed by atoms with Gasteiger partial charge in [-0.2, -0.15) is 0 Å². The lowest BCUT2D eigenvalue weighted by atomic mass is 10.1. The summed E-state index contributed by atoms with van der Waals surface area (Å²) in [5.41, 5.74) is 0.887. The minimum Gasteiger partial charge on any atom is -0.316 e. The van der Waals surface area contributed by atoms with E-state index in [-0.39, 0.29) is 0 Å². The van der Waals surface area contributed by atoms with E-state index in [1.54, 1.807) is 6.07 Å². The van der Waals surface area contributed by atoms with Gasteiger partial charge in [0.05, 0.1) is 0 Å². The average molecular weight is 183 g/mol. The lowest BCUT2D eigenvalue weighted by Crippen LogP contribution is -2.10. The quantitative estimate of drug-likeness (QED) is 0.739. The maximum Gasteiger partial charge on any atom is 0.159 e. The number of rotatable bonds is 2. The van der Waals surface area contributed by atoms with Crippen LogP contribution in [0.3, 0.4) is 0 Å². The van der Waals surface area contributed by atoms with Gasteiger partial charge >= 0.3 is 0 Å². The van der Waals surface area contributed by atoms with E-state index < -0.39 is 11.6 Å². The Balaban J connectivity index is 2.19. The van der Waals surface area contributed by atoms with Crippen molar-refractivity contribution in [3.05, 3.63) is 35.4 Å². The molecule has 0 spiro atoms. The molecule has 13 heavy (non-hydrogen) atoms. The fourth-order valence-corrected chi connectivity index (χ4v) is 1.63. The van der Waals surface area contributed by atoms with Crippen LogP contribution in [0.2, 0.25) is 0 Å². The Hall–Kier alpha value is -0.960. The van der Waals surface area contributed by atoms with Crippen LogP contribution in [-0.4, -0.2) is 13.1 Å². The summed E-state index contributed by atoms with van der Waals surface area (Å²) < 4.78 is 25.4. The molecule has 0 bridgehead atoms. The zero-order chi connectivity index (χ0) is 9.42. The van der Waals surface area contributed by atoms with Crippen LogP contribution in [0.25, 0.3) is 0 Å². The molecule has 2 rings (SSSR count). The summed E-state index contributed by atoms with van der Waals surface area (Å²) in [5.74, 6) is -1.16. The Kier molecular flexibility index (Phi) is 2.04. The van der Waals surface area contributed by atoms with Crippen molar-refractivity contribution < 1.29 is 8.78 Å². The largest absolute Gasteiger partial charge is 0.316 e. The second-order valence-electron chi connectivity index (χ2n) is 3.41. The van der Waals surface area contributed by atoms with Crippen LogP contribution < -0.4 is 5.32 Å². The van der Waals surface area contributed by atoms with Crippen LogP contribution in [-0.2, 0) is 0 Å². The molecule has 1 N–H and O–H groups in total. The van der Waals surface area contributed by atoms with Crippen molar-refractivity contribution in [3.63, 3.8) is 0 Å². The van der Waals surface area contributed by atoms with E-state index in [1.807, 2.05) is 7.05 Å². The Morgan fingerprint density at radius 1 is 1.31 bits per heavy atom. The minimum absolute atomic E-state index is 0.361. The van der Waals surface area contributed by atoms with E-state index in [0.29, 0.717) is 12.0 Å².